The van der Waals surface area contributed by atoms with Gasteiger partial charge in [0.2, 0.25) is 0 Å². The van der Waals surface area contributed by atoms with Crippen molar-refractivity contribution in [3.63, 3.8) is 0 Å². The van der Waals surface area contributed by atoms with Crippen molar-refractivity contribution in [3.05, 3.63) is 34.1 Å². The minimum atomic E-state index is -1.10. The van der Waals surface area contributed by atoms with Crippen LogP contribution in [0.25, 0.3) is 0 Å². The largest absolute Gasteiger partial charge is 0.480 e. The van der Waals surface area contributed by atoms with E-state index < -0.39 is 23.7 Å². The second-order valence-corrected chi connectivity index (χ2v) is 5.07. The van der Waals surface area contributed by atoms with E-state index in [-0.39, 0.29) is 16.0 Å². The first-order chi connectivity index (χ1) is 8.88. The molecule has 2 atom stereocenters. The van der Waals surface area contributed by atoms with E-state index in [1.54, 1.807) is 6.92 Å². The maximum atomic E-state index is 13.3. The number of hydrogen-bond acceptors (Lipinski definition) is 2. The molecule has 6 heteroatoms. The van der Waals surface area contributed by atoms with E-state index >= 15 is 0 Å². The number of nitrogens with one attached hydrogen (secondary N) is 1. The van der Waals surface area contributed by atoms with Crippen molar-refractivity contribution in [1.82, 2.24) is 5.32 Å². The fraction of sp³-hybridized carbons (Fsp3) is 0.385. The monoisotopic (exact) mass is 331 g/mol. The van der Waals surface area contributed by atoms with Gasteiger partial charge >= 0.3 is 5.97 Å². The zero-order chi connectivity index (χ0) is 14.6. The average molecular weight is 332 g/mol. The first-order valence-electron chi connectivity index (χ1n) is 5.86. The minimum absolute atomic E-state index is 0.0285. The van der Waals surface area contributed by atoms with Gasteiger partial charge in [-0.2, -0.15) is 0 Å². The van der Waals surface area contributed by atoms with E-state index in [0.717, 1.165) is 0 Å². The summed E-state index contributed by atoms with van der Waals surface area (Å²) >= 11 is 2.98. The lowest BCUT2D eigenvalue weighted by molar-refractivity contribution is -0.140. The lowest BCUT2D eigenvalue weighted by atomic mass is 9.99. The van der Waals surface area contributed by atoms with Gasteiger partial charge < -0.3 is 10.4 Å². The third kappa shape index (κ3) is 3.76. The zero-order valence-corrected chi connectivity index (χ0v) is 12.2. The Kier molecular flexibility index (Phi) is 5.47. The predicted octanol–water partition coefficient (Wildman–Crippen LogP) is 2.82. The first-order valence-corrected chi connectivity index (χ1v) is 6.65. The lowest BCUT2D eigenvalue weighted by Crippen LogP contribution is -2.45. The van der Waals surface area contributed by atoms with Crippen LogP contribution in [0.15, 0.2) is 22.7 Å². The van der Waals surface area contributed by atoms with Crippen LogP contribution >= 0.6 is 15.9 Å². The van der Waals surface area contributed by atoms with Crippen LogP contribution in [-0.2, 0) is 4.79 Å². The Morgan fingerprint density at radius 2 is 2.11 bits per heavy atom. The number of rotatable bonds is 5. The van der Waals surface area contributed by atoms with Gasteiger partial charge in [0.05, 0.1) is 10.0 Å². The molecule has 0 bridgehead atoms. The smallest absolute Gasteiger partial charge is 0.326 e. The SMILES string of the molecule is CCC(C)C(NC(=O)c1cccc(F)c1Br)C(=O)O. The molecule has 2 N–H and O–H groups in total. The molecule has 19 heavy (non-hydrogen) atoms. The highest BCUT2D eigenvalue weighted by Gasteiger charge is 2.26. The molecule has 1 rings (SSSR count). The Balaban J connectivity index is 2.94. The van der Waals surface area contributed by atoms with E-state index in [1.165, 1.54) is 18.2 Å². The standard InChI is InChI=1S/C13H15BrFNO3/c1-3-7(2)11(13(18)19)16-12(17)8-5-4-6-9(15)10(8)14/h4-7,11H,3H2,1-2H3,(H,16,17)(H,18,19). The number of carbonyl (C=O) groups excluding carboxylic acids is 1. The molecule has 0 aliphatic heterocycles. The first kappa shape index (κ1) is 15.6. The van der Waals surface area contributed by atoms with Crippen molar-refractivity contribution in [2.24, 2.45) is 5.92 Å². The minimum Gasteiger partial charge on any atom is -0.480 e. The quantitative estimate of drug-likeness (QED) is 0.871. The van der Waals surface area contributed by atoms with Crippen molar-refractivity contribution < 1.29 is 19.1 Å². The molecule has 2 unspecified atom stereocenters. The number of carboxylic acids is 1. The molecule has 0 aliphatic rings. The molecule has 0 radical (unpaired) electrons. The van der Waals surface area contributed by atoms with Gasteiger partial charge in [0, 0.05) is 0 Å². The predicted molar refractivity (Wildman–Crippen MR) is 72.4 cm³/mol. The summed E-state index contributed by atoms with van der Waals surface area (Å²) in [5.41, 5.74) is 0.0783. The summed E-state index contributed by atoms with van der Waals surface area (Å²) < 4.78 is 13.3. The van der Waals surface area contributed by atoms with E-state index in [4.69, 9.17) is 5.11 Å². The summed E-state index contributed by atoms with van der Waals surface area (Å²) in [6, 6.07) is 3.05. The fourth-order valence-corrected chi connectivity index (χ4v) is 2.03. The maximum Gasteiger partial charge on any atom is 0.326 e. The van der Waals surface area contributed by atoms with Crippen LogP contribution in [0.5, 0.6) is 0 Å². The molecule has 1 amide bonds. The number of aliphatic carboxylic acids is 1. The van der Waals surface area contributed by atoms with Crippen molar-refractivity contribution in [2.75, 3.05) is 0 Å². The van der Waals surface area contributed by atoms with Gasteiger partial charge in [-0.15, -0.1) is 0 Å². The molecular weight excluding hydrogens is 317 g/mol. The molecule has 0 saturated heterocycles. The molecule has 0 aromatic heterocycles. The fourth-order valence-electron chi connectivity index (χ4n) is 1.58. The number of halogens is 2. The topological polar surface area (TPSA) is 66.4 Å². The summed E-state index contributed by atoms with van der Waals surface area (Å²) in [7, 11) is 0. The van der Waals surface area contributed by atoms with E-state index in [9.17, 15) is 14.0 Å². The number of hydrogen-bond donors (Lipinski definition) is 2. The van der Waals surface area contributed by atoms with Crippen molar-refractivity contribution >= 4 is 27.8 Å². The normalized spacial score (nSPS) is 13.7. The van der Waals surface area contributed by atoms with Crippen molar-refractivity contribution in [3.8, 4) is 0 Å². The van der Waals surface area contributed by atoms with Gasteiger partial charge in [-0.25, -0.2) is 9.18 Å². The van der Waals surface area contributed by atoms with E-state index in [1.807, 2.05) is 6.92 Å². The third-order valence-electron chi connectivity index (χ3n) is 2.96. The summed E-state index contributed by atoms with van der Waals surface area (Å²) in [6.45, 7) is 3.57. The van der Waals surface area contributed by atoms with Gasteiger partial charge in [0.25, 0.3) is 5.91 Å². The highest BCUT2D eigenvalue weighted by molar-refractivity contribution is 9.10. The van der Waals surface area contributed by atoms with Crippen LogP contribution in [0, 0.1) is 11.7 Å². The molecule has 0 saturated carbocycles. The van der Waals surface area contributed by atoms with Crippen LogP contribution < -0.4 is 5.32 Å². The highest BCUT2D eigenvalue weighted by Crippen LogP contribution is 2.20. The van der Waals surface area contributed by atoms with Gasteiger partial charge in [-0.3, -0.25) is 4.79 Å². The summed E-state index contributed by atoms with van der Waals surface area (Å²) in [5, 5.41) is 11.5. The average Bonchev–Trinajstić information content (AvgIpc) is 2.37. The van der Waals surface area contributed by atoms with E-state index in [0.29, 0.717) is 6.42 Å². The van der Waals surface area contributed by atoms with Crippen LogP contribution in [0.2, 0.25) is 0 Å². The molecule has 0 fully saturated rings. The Hall–Kier alpha value is -1.43. The summed E-state index contributed by atoms with van der Waals surface area (Å²) in [5.74, 6) is -2.49. The molecular formula is C13H15BrFNO3. The number of amides is 1. The van der Waals surface area contributed by atoms with Crippen LogP contribution in [0.3, 0.4) is 0 Å². The molecule has 0 aliphatic carbocycles. The summed E-state index contributed by atoms with van der Waals surface area (Å²) in [4.78, 5) is 23.1. The molecule has 1 aromatic rings. The molecule has 4 nitrogen and oxygen atoms in total. The Labute approximate surface area is 119 Å². The van der Waals surface area contributed by atoms with E-state index in [2.05, 4.69) is 21.2 Å². The van der Waals surface area contributed by atoms with Crippen LogP contribution in [0.1, 0.15) is 30.6 Å². The molecule has 104 valence electrons. The van der Waals surface area contributed by atoms with Crippen LogP contribution in [-0.4, -0.2) is 23.0 Å². The lowest BCUT2D eigenvalue weighted by Gasteiger charge is -2.20. The third-order valence-corrected chi connectivity index (χ3v) is 3.77. The maximum absolute atomic E-state index is 13.3. The number of benzene rings is 1. The van der Waals surface area contributed by atoms with Gasteiger partial charge in [0.15, 0.2) is 0 Å². The highest BCUT2D eigenvalue weighted by atomic mass is 79.9. The van der Waals surface area contributed by atoms with Crippen molar-refractivity contribution in [2.45, 2.75) is 26.3 Å². The zero-order valence-electron chi connectivity index (χ0n) is 10.6. The number of carbonyl (C=O) groups is 2. The second kappa shape index (κ2) is 6.65. The molecule has 0 heterocycles. The summed E-state index contributed by atoms with van der Waals surface area (Å²) in [6.07, 6.45) is 0.613. The number of carboxylic acid groups (broad SMARTS) is 1. The van der Waals surface area contributed by atoms with Gasteiger partial charge in [0.1, 0.15) is 11.9 Å². The Bertz CT molecular complexity index is 493. The van der Waals surface area contributed by atoms with Gasteiger partial charge in [-0.05, 0) is 34.0 Å². The molecule has 1 aromatic carbocycles. The van der Waals surface area contributed by atoms with Crippen LogP contribution in [0.4, 0.5) is 4.39 Å². The Morgan fingerprint density at radius 3 is 2.63 bits per heavy atom. The van der Waals surface area contributed by atoms with Crippen molar-refractivity contribution in [1.29, 1.82) is 0 Å². The van der Waals surface area contributed by atoms with Gasteiger partial charge in [-0.1, -0.05) is 26.3 Å². The second-order valence-electron chi connectivity index (χ2n) is 4.28. The molecule has 0 spiro atoms. The Morgan fingerprint density at radius 1 is 1.47 bits per heavy atom.